The van der Waals surface area contributed by atoms with Crippen LogP contribution in [0.4, 0.5) is 0 Å². The van der Waals surface area contributed by atoms with E-state index < -0.39 is 11.5 Å². The molecular weight excluding hydrogens is 140 g/mol. The van der Waals surface area contributed by atoms with E-state index in [-0.39, 0.29) is 11.4 Å². The van der Waals surface area contributed by atoms with Crippen LogP contribution in [0.15, 0.2) is 0 Å². The van der Waals surface area contributed by atoms with Gasteiger partial charge < -0.3 is 4.74 Å². The maximum atomic E-state index is 11.4. The van der Waals surface area contributed by atoms with E-state index in [0.29, 0.717) is 6.42 Å². The third-order valence-corrected chi connectivity index (χ3v) is 3.60. The summed E-state index contributed by atoms with van der Waals surface area (Å²) < 4.78 is 13.1. The highest BCUT2D eigenvalue weighted by molar-refractivity contribution is 5.81. The van der Waals surface area contributed by atoms with Gasteiger partial charge in [-0.25, -0.2) is 0 Å². The van der Waals surface area contributed by atoms with Crippen LogP contribution >= 0.6 is 0 Å². The first kappa shape index (κ1) is 6.04. The van der Waals surface area contributed by atoms with Gasteiger partial charge >= 0.3 is 5.97 Å². The lowest BCUT2D eigenvalue weighted by Gasteiger charge is -2.27. The van der Waals surface area contributed by atoms with Crippen LogP contribution in [0.2, 0.25) is 0 Å². The summed E-state index contributed by atoms with van der Waals surface area (Å²) in [5.74, 6) is -0.186. The van der Waals surface area contributed by atoms with Crippen molar-refractivity contribution >= 4 is 5.97 Å². The number of carbonyl (C=O) groups is 1. The van der Waals surface area contributed by atoms with Crippen LogP contribution in [0.3, 0.4) is 0 Å². The lowest BCUT2D eigenvalue weighted by atomic mass is 9.70. The Bertz CT molecular complexity index is 261. The molecule has 2 aliphatic rings. The van der Waals surface area contributed by atoms with Crippen molar-refractivity contribution < 1.29 is 10.9 Å². The molecule has 2 atom stereocenters. The molecule has 0 N–H and O–H groups in total. The fourth-order valence-corrected chi connectivity index (χ4v) is 2.06. The molecule has 0 unspecified atom stereocenters. The first-order valence-corrected chi connectivity index (χ1v) is 4.07. The van der Waals surface area contributed by atoms with Crippen LogP contribution in [-0.4, -0.2) is 12.0 Å². The molecule has 0 radical (unpaired) electrons. The highest BCUT2D eigenvalue weighted by atomic mass is 16.6. The van der Waals surface area contributed by atoms with Crippen molar-refractivity contribution in [3.05, 3.63) is 0 Å². The third-order valence-electron chi connectivity index (χ3n) is 3.60. The predicted molar refractivity (Wildman–Crippen MR) is 41.0 cm³/mol. The van der Waals surface area contributed by atoms with E-state index in [4.69, 9.17) is 6.11 Å². The Morgan fingerprint density at radius 1 is 1.64 bits per heavy atom. The van der Waals surface area contributed by atoms with Gasteiger partial charge in [-0.15, -0.1) is 0 Å². The normalized spacial score (nSPS) is 54.1. The number of carbonyl (C=O) groups excluding carboxylic acids is 1. The summed E-state index contributed by atoms with van der Waals surface area (Å²) in [7, 11) is 0. The summed E-state index contributed by atoms with van der Waals surface area (Å²) in [6.45, 7) is 5.83. The Morgan fingerprint density at radius 3 is 2.45 bits per heavy atom. The molecule has 0 aromatic carbocycles. The van der Waals surface area contributed by atoms with Crippen molar-refractivity contribution in [2.24, 2.45) is 10.8 Å². The van der Waals surface area contributed by atoms with Gasteiger partial charge in [0.25, 0.3) is 0 Å². The second-order valence-electron chi connectivity index (χ2n) is 4.27. The molecule has 0 aromatic rings. The fourth-order valence-electron chi connectivity index (χ4n) is 2.06. The van der Waals surface area contributed by atoms with E-state index in [1.165, 1.54) is 0 Å². The number of esters is 1. The molecule has 2 rings (SSSR count). The third kappa shape index (κ3) is 0.569. The summed E-state index contributed by atoms with van der Waals surface area (Å²) in [5.41, 5.74) is -0.758. The summed E-state index contributed by atoms with van der Waals surface area (Å²) in [5, 5.41) is 0. The Labute approximate surface area is 68.3 Å². The van der Waals surface area contributed by atoms with Gasteiger partial charge in [-0.2, -0.15) is 0 Å². The van der Waals surface area contributed by atoms with E-state index >= 15 is 0 Å². The predicted octanol–water partition coefficient (Wildman–Crippen LogP) is 1.74. The summed E-state index contributed by atoms with van der Waals surface area (Å²) >= 11 is 0. The molecule has 0 aromatic heterocycles. The topological polar surface area (TPSA) is 26.3 Å². The molecule has 11 heavy (non-hydrogen) atoms. The second kappa shape index (κ2) is 1.62. The number of hydrogen-bond donors (Lipinski definition) is 0. The smallest absolute Gasteiger partial charge is 0.312 e. The van der Waals surface area contributed by atoms with Crippen LogP contribution < -0.4 is 0 Å². The molecule has 1 aliphatic heterocycles. The van der Waals surface area contributed by atoms with E-state index in [9.17, 15) is 4.79 Å². The standard InChI is InChI=1S/C9H14O2/c1-8(2)6-4-5-9(8,3)7(10)11-6/h6H,4-5H2,1-3H3/t6-,9-/m1/s1/i6D. The van der Waals surface area contributed by atoms with Gasteiger partial charge in [-0.3, -0.25) is 4.79 Å². The van der Waals surface area contributed by atoms with E-state index in [1.54, 1.807) is 0 Å². The molecule has 0 spiro atoms. The van der Waals surface area contributed by atoms with Gasteiger partial charge in [0.15, 0.2) is 0 Å². The number of hydrogen-bond acceptors (Lipinski definition) is 2. The van der Waals surface area contributed by atoms with Gasteiger partial charge in [0, 0.05) is 5.41 Å². The van der Waals surface area contributed by atoms with E-state index in [0.717, 1.165) is 6.42 Å². The van der Waals surface area contributed by atoms with Gasteiger partial charge in [0.1, 0.15) is 6.08 Å². The molecule has 0 amide bonds. The summed E-state index contributed by atoms with van der Waals surface area (Å²) in [4.78, 5) is 11.4. The molecule has 2 bridgehead atoms. The maximum absolute atomic E-state index is 11.4. The highest BCUT2D eigenvalue weighted by Gasteiger charge is 2.64. The number of fused-ring (bicyclic) bond motifs is 2. The highest BCUT2D eigenvalue weighted by Crippen LogP contribution is 2.59. The van der Waals surface area contributed by atoms with Crippen LogP contribution in [0.5, 0.6) is 0 Å². The van der Waals surface area contributed by atoms with Crippen molar-refractivity contribution in [1.82, 2.24) is 0 Å². The fraction of sp³-hybridized carbons (Fsp3) is 0.889. The molecule has 1 saturated carbocycles. The minimum atomic E-state index is -0.959. The Balaban J connectivity index is 2.56. The Kier molecular flexibility index (Phi) is 0.890. The molecule has 1 saturated heterocycles. The largest absolute Gasteiger partial charge is 0.461 e. The van der Waals surface area contributed by atoms with Crippen molar-refractivity contribution in [1.29, 1.82) is 0 Å². The quantitative estimate of drug-likeness (QED) is 0.498. The van der Waals surface area contributed by atoms with E-state index in [2.05, 4.69) is 0 Å². The molecule has 2 fully saturated rings. The average molecular weight is 155 g/mol. The van der Waals surface area contributed by atoms with Gasteiger partial charge in [0.05, 0.1) is 6.79 Å². The van der Waals surface area contributed by atoms with Gasteiger partial charge in [-0.1, -0.05) is 13.8 Å². The average Bonchev–Trinajstić information content (AvgIpc) is 2.18. The SMILES string of the molecule is [2H][C@]12CC[C@](C)(C(=O)O1)C2(C)C. The minimum absolute atomic E-state index is 0.186. The molecular formula is C9H14O2. The van der Waals surface area contributed by atoms with E-state index in [1.807, 2.05) is 20.8 Å². The molecule has 62 valence electrons. The zero-order valence-corrected chi connectivity index (χ0v) is 7.23. The monoisotopic (exact) mass is 155 g/mol. The number of ether oxygens (including phenoxy) is 1. The van der Waals surface area contributed by atoms with Crippen LogP contribution in [0.25, 0.3) is 0 Å². The lowest BCUT2D eigenvalue weighted by Crippen LogP contribution is -2.32. The Hall–Kier alpha value is -0.530. The van der Waals surface area contributed by atoms with Crippen molar-refractivity contribution in [2.75, 3.05) is 0 Å². The molecule has 2 nitrogen and oxygen atoms in total. The maximum Gasteiger partial charge on any atom is 0.312 e. The van der Waals surface area contributed by atoms with Crippen LogP contribution in [-0.2, 0) is 9.53 Å². The minimum Gasteiger partial charge on any atom is -0.461 e. The molecule has 2 heteroatoms. The number of rotatable bonds is 0. The second-order valence-corrected chi connectivity index (χ2v) is 4.27. The van der Waals surface area contributed by atoms with Crippen molar-refractivity contribution in [3.63, 3.8) is 0 Å². The van der Waals surface area contributed by atoms with Crippen LogP contribution in [0.1, 0.15) is 35.0 Å². The summed E-state index contributed by atoms with van der Waals surface area (Å²) in [6, 6.07) is 0. The Morgan fingerprint density at radius 2 is 2.27 bits per heavy atom. The van der Waals surface area contributed by atoms with Gasteiger partial charge in [0.2, 0.25) is 0 Å². The zero-order valence-electron chi connectivity index (χ0n) is 8.23. The van der Waals surface area contributed by atoms with Crippen molar-refractivity contribution in [2.45, 2.75) is 39.7 Å². The van der Waals surface area contributed by atoms with Crippen LogP contribution in [0, 0.1) is 10.8 Å². The zero-order chi connectivity index (χ0) is 9.20. The van der Waals surface area contributed by atoms with Gasteiger partial charge in [-0.05, 0) is 19.8 Å². The first-order chi connectivity index (χ1) is 5.33. The van der Waals surface area contributed by atoms with Crippen molar-refractivity contribution in [3.8, 4) is 0 Å². The summed E-state index contributed by atoms with van der Waals surface area (Å²) in [6.07, 6.45) is 0.517. The first-order valence-electron chi connectivity index (χ1n) is 4.57. The lowest BCUT2D eigenvalue weighted by molar-refractivity contribution is -0.152. The molecule has 1 aliphatic carbocycles. The molecule has 1 heterocycles.